The van der Waals surface area contributed by atoms with Crippen molar-refractivity contribution in [3.05, 3.63) is 0 Å². The van der Waals surface area contributed by atoms with E-state index < -0.39 is 5.60 Å². The van der Waals surface area contributed by atoms with E-state index in [-0.39, 0.29) is 18.1 Å². The summed E-state index contributed by atoms with van der Waals surface area (Å²) >= 11 is 0. The average molecular weight is 227 g/mol. The molecule has 1 saturated carbocycles. The molecule has 0 spiro atoms. The van der Waals surface area contributed by atoms with Crippen molar-refractivity contribution >= 4 is 6.09 Å². The van der Waals surface area contributed by atoms with Crippen LogP contribution in [0.3, 0.4) is 0 Å². The lowest BCUT2D eigenvalue weighted by molar-refractivity contribution is 0.0263. The number of amides is 1. The lowest BCUT2D eigenvalue weighted by atomic mass is 10.00. The van der Waals surface area contributed by atoms with Gasteiger partial charge in [-0.1, -0.05) is 0 Å². The molecule has 0 radical (unpaired) electrons. The highest BCUT2D eigenvalue weighted by atomic mass is 16.6. The summed E-state index contributed by atoms with van der Waals surface area (Å²) in [5, 5.41) is 9.75. The summed E-state index contributed by atoms with van der Waals surface area (Å²) in [5.74, 6) is 0.745. The van der Waals surface area contributed by atoms with Crippen LogP contribution >= 0.6 is 0 Å². The summed E-state index contributed by atoms with van der Waals surface area (Å²) in [5.41, 5.74) is -0.437. The van der Waals surface area contributed by atoms with Crippen LogP contribution < -0.4 is 0 Å². The second kappa shape index (κ2) is 3.91. The predicted octanol–water partition coefficient (Wildman–Crippen LogP) is 1.62. The van der Waals surface area contributed by atoms with Crippen LogP contribution in [0, 0.1) is 11.8 Å². The fourth-order valence-electron chi connectivity index (χ4n) is 2.71. The zero-order chi connectivity index (χ0) is 11.9. The third kappa shape index (κ3) is 2.32. The number of rotatable bonds is 0. The second-order valence-corrected chi connectivity index (χ2v) is 5.95. The van der Waals surface area contributed by atoms with E-state index in [1.807, 2.05) is 20.8 Å². The van der Waals surface area contributed by atoms with Crippen molar-refractivity contribution in [2.75, 3.05) is 13.1 Å². The van der Waals surface area contributed by atoms with E-state index in [4.69, 9.17) is 4.74 Å². The van der Waals surface area contributed by atoms with Gasteiger partial charge in [0.05, 0.1) is 6.10 Å². The first-order valence-electron chi connectivity index (χ1n) is 6.03. The molecular formula is C12H21NO3. The molecule has 3 atom stereocenters. The maximum Gasteiger partial charge on any atom is 0.410 e. The van der Waals surface area contributed by atoms with Crippen LogP contribution in [0.4, 0.5) is 4.79 Å². The minimum absolute atomic E-state index is 0.225. The van der Waals surface area contributed by atoms with Gasteiger partial charge in [0.25, 0.3) is 0 Å². The Hall–Kier alpha value is -0.770. The van der Waals surface area contributed by atoms with Crippen molar-refractivity contribution in [1.29, 1.82) is 0 Å². The monoisotopic (exact) mass is 227 g/mol. The molecule has 2 rings (SSSR count). The van der Waals surface area contributed by atoms with E-state index in [9.17, 15) is 9.90 Å². The van der Waals surface area contributed by atoms with Crippen molar-refractivity contribution in [1.82, 2.24) is 4.90 Å². The molecule has 0 aromatic heterocycles. The Bertz CT molecular complexity index is 284. The molecule has 2 aliphatic rings. The Balaban J connectivity index is 1.92. The first-order valence-corrected chi connectivity index (χ1v) is 6.03. The van der Waals surface area contributed by atoms with Crippen LogP contribution in [0.2, 0.25) is 0 Å². The molecule has 1 heterocycles. The molecule has 0 bridgehead atoms. The third-order valence-electron chi connectivity index (χ3n) is 3.47. The average Bonchev–Trinajstić information content (AvgIpc) is 2.65. The number of likely N-dealkylation sites (tertiary alicyclic amines) is 1. The summed E-state index contributed by atoms with van der Waals surface area (Å²) in [4.78, 5) is 13.6. The molecule has 1 aliphatic carbocycles. The van der Waals surface area contributed by atoms with Gasteiger partial charge in [-0.2, -0.15) is 0 Å². The minimum Gasteiger partial charge on any atom is -0.444 e. The molecule has 0 unspecified atom stereocenters. The number of fused-ring (bicyclic) bond motifs is 1. The van der Waals surface area contributed by atoms with Crippen LogP contribution in [0.5, 0.6) is 0 Å². The van der Waals surface area contributed by atoms with Gasteiger partial charge >= 0.3 is 6.09 Å². The van der Waals surface area contributed by atoms with Gasteiger partial charge in [-0.25, -0.2) is 4.79 Å². The van der Waals surface area contributed by atoms with Crippen molar-refractivity contribution in [2.45, 2.75) is 45.3 Å². The van der Waals surface area contributed by atoms with Gasteiger partial charge < -0.3 is 14.7 Å². The Morgan fingerprint density at radius 3 is 2.56 bits per heavy atom. The van der Waals surface area contributed by atoms with Gasteiger partial charge in [0.15, 0.2) is 0 Å². The number of aliphatic hydroxyl groups is 1. The quantitative estimate of drug-likeness (QED) is 0.684. The van der Waals surface area contributed by atoms with E-state index in [0.717, 1.165) is 19.4 Å². The summed E-state index contributed by atoms with van der Waals surface area (Å²) in [6.45, 7) is 7.02. The molecule has 1 aliphatic heterocycles. The van der Waals surface area contributed by atoms with Crippen LogP contribution in [0.15, 0.2) is 0 Å². The lowest BCUT2D eigenvalue weighted by Crippen LogP contribution is -2.36. The van der Waals surface area contributed by atoms with E-state index in [1.54, 1.807) is 4.90 Å². The largest absolute Gasteiger partial charge is 0.444 e. The standard InChI is InChI=1S/C12H21NO3/c1-12(2,3)16-11(15)13-6-8-4-5-10(14)9(8)7-13/h8-10,14H,4-7H2,1-3H3/t8-,9+,10-/m1/s1. The van der Waals surface area contributed by atoms with E-state index in [2.05, 4.69) is 0 Å². The van der Waals surface area contributed by atoms with Gasteiger partial charge in [0.2, 0.25) is 0 Å². The van der Waals surface area contributed by atoms with Crippen LogP contribution in [-0.2, 0) is 4.74 Å². The van der Waals surface area contributed by atoms with E-state index in [0.29, 0.717) is 12.5 Å². The molecule has 1 amide bonds. The molecule has 0 aromatic rings. The Morgan fingerprint density at radius 2 is 2.00 bits per heavy atom. The maximum absolute atomic E-state index is 11.8. The lowest BCUT2D eigenvalue weighted by Gasteiger charge is -2.25. The van der Waals surface area contributed by atoms with Crippen molar-refractivity contribution in [3.63, 3.8) is 0 Å². The fraction of sp³-hybridized carbons (Fsp3) is 0.917. The van der Waals surface area contributed by atoms with Gasteiger partial charge in [-0.05, 0) is 39.5 Å². The summed E-state index contributed by atoms with van der Waals surface area (Å²) < 4.78 is 5.33. The second-order valence-electron chi connectivity index (χ2n) is 5.95. The van der Waals surface area contributed by atoms with Crippen molar-refractivity contribution < 1.29 is 14.6 Å². The highest BCUT2D eigenvalue weighted by Crippen LogP contribution is 2.38. The molecule has 4 nitrogen and oxygen atoms in total. The molecular weight excluding hydrogens is 206 g/mol. The number of hydrogen-bond donors (Lipinski definition) is 1. The van der Waals surface area contributed by atoms with Crippen LogP contribution in [0.25, 0.3) is 0 Å². The Kier molecular flexibility index (Phi) is 2.86. The number of aliphatic hydroxyl groups excluding tert-OH is 1. The van der Waals surface area contributed by atoms with Crippen molar-refractivity contribution in [3.8, 4) is 0 Å². The number of carbonyl (C=O) groups excluding carboxylic acids is 1. The van der Waals surface area contributed by atoms with Gasteiger partial charge in [-0.3, -0.25) is 0 Å². The number of carbonyl (C=O) groups is 1. The molecule has 92 valence electrons. The van der Waals surface area contributed by atoms with Crippen molar-refractivity contribution in [2.24, 2.45) is 11.8 Å². The number of hydrogen-bond acceptors (Lipinski definition) is 3. The Labute approximate surface area is 96.6 Å². The maximum atomic E-state index is 11.8. The highest BCUT2D eigenvalue weighted by Gasteiger charge is 2.44. The van der Waals surface area contributed by atoms with Crippen LogP contribution in [0.1, 0.15) is 33.6 Å². The summed E-state index contributed by atoms with van der Waals surface area (Å²) in [7, 11) is 0. The molecule has 0 aromatic carbocycles. The van der Waals surface area contributed by atoms with Gasteiger partial charge in [0.1, 0.15) is 5.60 Å². The first-order chi connectivity index (χ1) is 7.37. The molecule has 4 heteroatoms. The number of nitrogens with zero attached hydrogens (tertiary/aromatic N) is 1. The normalized spacial score (nSPS) is 34.0. The molecule has 1 N–H and O–H groups in total. The van der Waals surface area contributed by atoms with Gasteiger partial charge in [-0.15, -0.1) is 0 Å². The van der Waals surface area contributed by atoms with E-state index >= 15 is 0 Å². The smallest absolute Gasteiger partial charge is 0.410 e. The Morgan fingerprint density at radius 1 is 1.31 bits per heavy atom. The third-order valence-corrected chi connectivity index (χ3v) is 3.47. The fourth-order valence-corrected chi connectivity index (χ4v) is 2.71. The topological polar surface area (TPSA) is 49.8 Å². The SMILES string of the molecule is CC(C)(C)OC(=O)N1C[C@H]2CC[C@@H](O)[C@H]2C1. The zero-order valence-corrected chi connectivity index (χ0v) is 10.3. The highest BCUT2D eigenvalue weighted by molar-refractivity contribution is 5.68. The van der Waals surface area contributed by atoms with Gasteiger partial charge in [0, 0.05) is 19.0 Å². The minimum atomic E-state index is -0.437. The molecule has 1 saturated heterocycles. The number of ether oxygens (including phenoxy) is 1. The first kappa shape index (κ1) is 11.7. The molecule has 2 fully saturated rings. The molecule has 16 heavy (non-hydrogen) atoms. The summed E-state index contributed by atoms with van der Waals surface area (Å²) in [6.07, 6.45) is 1.45. The predicted molar refractivity (Wildman–Crippen MR) is 60.0 cm³/mol. The summed E-state index contributed by atoms with van der Waals surface area (Å²) in [6, 6.07) is 0. The zero-order valence-electron chi connectivity index (χ0n) is 10.3. The van der Waals surface area contributed by atoms with E-state index in [1.165, 1.54) is 0 Å². The van der Waals surface area contributed by atoms with Crippen LogP contribution in [-0.4, -0.2) is 40.9 Å².